The van der Waals surface area contributed by atoms with Crippen molar-refractivity contribution in [3.63, 3.8) is 0 Å². The number of hydrogen-bond donors (Lipinski definition) is 0. The summed E-state index contributed by atoms with van der Waals surface area (Å²) in [5, 5.41) is 3.35. The zero-order valence-corrected chi connectivity index (χ0v) is 12.3. The number of para-hydroxylation sites is 2. The third kappa shape index (κ3) is 1.88. The Hall–Kier alpha value is -2.44. The van der Waals surface area contributed by atoms with Crippen molar-refractivity contribution in [3.8, 4) is 5.69 Å². The summed E-state index contributed by atoms with van der Waals surface area (Å²) < 4.78 is 13.2. The fourth-order valence-electron chi connectivity index (χ4n) is 2.88. The maximum absolute atomic E-state index is 11.0. The monoisotopic (exact) mass is 290 g/mol. The van der Waals surface area contributed by atoms with E-state index in [9.17, 15) is 4.57 Å². The first kappa shape index (κ1) is 12.3. The molecule has 1 atom stereocenters. The van der Waals surface area contributed by atoms with Crippen LogP contribution in [0.1, 0.15) is 0 Å². The lowest BCUT2D eigenvalue weighted by Crippen LogP contribution is -1.96. The molecule has 0 amide bonds. The van der Waals surface area contributed by atoms with Gasteiger partial charge in [0.1, 0.15) is 0 Å². The van der Waals surface area contributed by atoms with Crippen LogP contribution in [0.5, 0.6) is 0 Å². The molecule has 4 aromatic rings. The van der Waals surface area contributed by atoms with Crippen LogP contribution < -0.4 is 5.30 Å². The molecule has 0 aliphatic rings. The zero-order valence-electron chi connectivity index (χ0n) is 11.3. The largest absolute Gasteiger partial charge is 0.363 e. The van der Waals surface area contributed by atoms with E-state index in [-0.39, 0.29) is 0 Å². The Morgan fingerprint density at radius 3 is 1.71 bits per heavy atom. The summed E-state index contributed by atoms with van der Waals surface area (Å²) in [5.41, 5.74) is 3.47. The van der Waals surface area contributed by atoms with E-state index in [2.05, 4.69) is 53.1 Å². The number of aromatic nitrogens is 1. The number of fused-ring (bicyclic) bond motifs is 3. The second-order valence-electron chi connectivity index (χ2n) is 5.02. The molecule has 0 bridgehead atoms. The van der Waals surface area contributed by atoms with Crippen LogP contribution in [0, 0.1) is 0 Å². The van der Waals surface area contributed by atoms with Gasteiger partial charge >= 0.3 is 8.46 Å². The summed E-state index contributed by atoms with van der Waals surface area (Å²) in [7, 11) is -0.405. The molecule has 100 valence electrons. The topological polar surface area (TPSA) is 22.0 Å². The first-order valence-electron chi connectivity index (χ1n) is 6.85. The minimum Gasteiger partial charge on any atom is -0.309 e. The van der Waals surface area contributed by atoms with Gasteiger partial charge in [0, 0.05) is 16.5 Å². The van der Waals surface area contributed by atoms with E-state index in [0.717, 1.165) is 11.0 Å². The highest BCUT2D eigenvalue weighted by Gasteiger charge is 2.11. The minimum absolute atomic E-state index is 0.405. The SMILES string of the molecule is O=[PH+]c1ccc(-n2c3ccccc3c3ccccc32)cc1. The van der Waals surface area contributed by atoms with Crippen LogP contribution in [-0.4, -0.2) is 4.57 Å². The molecule has 3 aromatic carbocycles. The lowest BCUT2D eigenvalue weighted by Gasteiger charge is -2.06. The molecule has 0 aliphatic carbocycles. The van der Waals surface area contributed by atoms with Crippen molar-refractivity contribution in [2.45, 2.75) is 0 Å². The third-order valence-electron chi connectivity index (χ3n) is 3.82. The summed E-state index contributed by atoms with van der Waals surface area (Å²) in [6.07, 6.45) is 0. The normalized spacial score (nSPS) is 11.4. The van der Waals surface area contributed by atoms with Crippen molar-refractivity contribution in [3.05, 3.63) is 72.8 Å². The van der Waals surface area contributed by atoms with Gasteiger partial charge in [0.05, 0.1) is 11.0 Å². The second-order valence-corrected chi connectivity index (χ2v) is 5.80. The summed E-state index contributed by atoms with van der Waals surface area (Å²) in [6, 6.07) is 24.7. The van der Waals surface area contributed by atoms with Crippen molar-refractivity contribution in [2.75, 3.05) is 0 Å². The summed E-state index contributed by atoms with van der Waals surface area (Å²) in [5.74, 6) is 0. The lowest BCUT2D eigenvalue weighted by molar-refractivity contribution is 0.603. The van der Waals surface area contributed by atoms with Gasteiger partial charge in [-0.15, -0.1) is 0 Å². The molecule has 21 heavy (non-hydrogen) atoms. The fraction of sp³-hybridized carbons (Fsp3) is 0. The molecule has 3 heteroatoms. The Kier molecular flexibility index (Phi) is 2.83. The van der Waals surface area contributed by atoms with E-state index in [0.29, 0.717) is 0 Å². The van der Waals surface area contributed by atoms with Crippen LogP contribution in [0.2, 0.25) is 0 Å². The van der Waals surface area contributed by atoms with Crippen LogP contribution in [0.15, 0.2) is 72.8 Å². The molecular weight excluding hydrogens is 277 g/mol. The smallest absolute Gasteiger partial charge is 0.309 e. The first-order valence-corrected chi connectivity index (χ1v) is 7.76. The van der Waals surface area contributed by atoms with Gasteiger partial charge in [0.25, 0.3) is 0 Å². The molecule has 2 nitrogen and oxygen atoms in total. The molecule has 0 radical (unpaired) electrons. The molecular formula is C18H13NOP+. The van der Waals surface area contributed by atoms with Gasteiger partial charge in [-0.05, 0) is 36.4 Å². The highest BCUT2D eigenvalue weighted by Crippen LogP contribution is 2.31. The second kappa shape index (κ2) is 4.83. The quantitative estimate of drug-likeness (QED) is 0.500. The van der Waals surface area contributed by atoms with Gasteiger partial charge in [-0.25, -0.2) is 0 Å². The highest BCUT2D eigenvalue weighted by atomic mass is 31.1. The van der Waals surface area contributed by atoms with Gasteiger partial charge in [-0.2, -0.15) is 0 Å². The first-order chi connectivity index (χ1) is 10.4. The van der Waals surface area contributed by atoms with Crippen molar-refractivity contribution >= 4 is 35.6 Å². The predicted octanol–water partition coefficient (Wildman–Crippen LogP) is 4.43. The van der Waals surface area contributed by atoms with E-state index in [4.69, 9.17) is 0 Å². The van der Waals surface area contributed by atoms with Crippen molar-refractivity contribution in [1.29, 1.82) is 0 Å². The molecule has 0 fully saturated rings. The standard InChI is InChI=1S/C18H12NOP/c20-21-14-11-9-13(10-12-14)19-17-7-3-1-5-15(17)16-6-2-4-8-18(16)19/h1-12H/p+1. The summed E-state index contributed by atoms with van der Waals surface area (Å²) in [6.45, 7) is 0. The fourth-order valence-corrected chi connectivity index (χ4v) is 3.18. The Balaban J connectivity index is 2.11. The Morgan fingerprint density at radius 2 is 1.19 bits per heavy atom. The highest BCUT2D eigenvalue weighted by molar-refractivity contribution is 7.34. The summed E-state index contributed by atoms with van der Waals surface area (Å²) >= 11 is 0. The third-order valence-corrected chi connectivity index (χ3v) is 4.39. The molecule has 0 N–H and O–H groups in total. The molecule has 1 unspecified atom stereocenters. The average molecular weight is 290 g/mol. The predicted molar refractivity (Wildman–Crippen MR) is 89.4 cm³/mol. The number of rotatable bonds is 2. The van der Waals surface area contributed by atoms with Gasteiger partial charge in [-0.3, -0.25) is 0 Å². The molecule has 1 aromatic heterocycles. The summed E-state index contributed by atoms with van der Waals surface area (Å²) in [4.78, 5) is 0. The van der Waals surface area contributed by atoms with Gasteiger partial charge < -0.3 is 4.57 Å². The maximum Gasteiger partial charge on any atom is 0.363 e. The van der Waals surface area contributed by atoms with Gasteiger partial charge in [0.15, 0.2) is 5.30 Å². The lowest BCUT2D eigenvalue weighted by atomic mass is 10.2. The molecule has 0 spiro atoms. The van der Waals surface area contributed by atoms with Crippen molar-refractivity contribution < 1.29 is 4.57 Å². The molecule has 4 rings (SSSR count). The zero-order chi connectivity index (χ0) is 14.2. The minimum atomic E-state index is -0.405. The molecule has 1 heterocycles. The number of benzene rings is 3. The van der Waals surface area contributed by atoms with Crippen LogP contribution in [0.3, 0.4) is 0 Å². The van der Waals surface area contributed by atoms with E-state index in [1.807, 2.05) is 24.3 Å². The maximum atomic E-state index is 11.0. The van der Waals surface area contributed by atoms with E-state index in [1.54, 1.807) is 0 Å². The van der Waals surface area contributed by atoms with E-state index in [1.165, 1.54) is 21.8 Å². The Labute approximate surface area is 123 Å². The average Bonchev–Trinajstić information content (AvgIpc) is 2.90. The number of hydrogen-bond acceptors (Lipinski definition) is 1. The number of nitrogens with zero attached hydrogens (tertiary/aromatic N) is 1. The van der Waals surface area contributed by atoms with Crippen LogP contribution in [-0.2, 0) is 4.57 Å². The molecule has 0 saturated heterocycles. The van der Waals surface area contributed by atoms with E-state index < -0.39 is 8.46 Å². The Bertz CT molecular complexity index is 901. The van der Waals surface area contributed by atoms with Crippen molar-refractivity contribution in [2.24, 2.45) is 0 Å². The van der Waals surface area contributed by atoms with Crippen LogP contribution in [0.4, 0.5) is 0 Å². The van der Waals surface area contributed by atoms with Crippen molar-refractivity contribution in [1.82, 2.24) is 4.57 Å². The molecule has 0 saturated carbocycles. The molecule has 0 aliphatic heterocycles. The van der Waals surface area contributed by atoms with Gasteiger partial charge in [-0.1, -0.05) is 41.0 Å². The Morgan fingerprint density at radius 1 is 0.667 bits per heavy atom. The van der Waals surface area contributed by atoms with Gasteiger partial charge in [0.2, 0.25) is 0 Å². The van der Waals surface area contributed by atoms with E-state index >= 15 is 0 Å². The van der Waals surface area contributed by atoms with Crippen LogP contribution >= 0.6 is 8.46 Å². The van der Waals surface area contributed by atoms with Crippen LogP contribution in [0.25, 0.3) is 27.5 Å².